The SMILES string of the molecule is Cc1n[nH]c(=O)c2c(NC(=O)CN(C)Cc3ccccc3)oc(C)c12. The van der Waals surface area contributed by atoms with Crippen molar-refractivity contribution < 1.29 is 9.21 Å². The van der Waals surface area contributed by atoms with Gasteiger partial charge in [0.2, 0.25) is 11.8 Å². The monoisotopic (exact) mass is 340 g/mol. The van der Waals surface area contributed by atoms with Crippen molar-refractivity contribution in [1.82, 2.24) is 15.1 Å². The van der Waals surface area contributed by atoms with E-state index in [1.54, 1.807) is 13.8 Å². The maximum absolute atomic E-state index is 12.3. The fourth-order valence-electron chi connectivity index (χ4n) is 2.89. The number of anilines is 1. The van der Waals surface area contributed by atoms with Crippen LogP contribution in [0.25, 0.3) is 10.8 Å². The number of likely N-dealkylation sites (N-methyl/N-ethyl adjacent to an activating group) is 1. The summed E-state index contributed by atoms with van der Waals surface area (Å²) in [5.41, 5.74) is 1.39. The lowest BCUT2D eigenvalue weighted by Crippen LogP contribution is -2.30. The highest BCUT2D eigenvalue weighted by molar-refractivity contribution is 6.01. The van der Waals surface area contributed by atoms with Crippen molar-refractivity contribution in [2.45, 2.75) is 20.4 Å². The van der Waals surface area contributed by atoms with E-state index in [9.17, 15) is 9.59 Å². The van der Waals surface area contributed by atoms with Gasteiger partial charge in [0, 0.05) is 6.54 Å². The van der Waals surface area contributed by atoms with Crippen LogP contribution in [0.4, 0.5) is 5.88 Å². The van der Waals surface area contributed by atoms with Gasteiger partial charge in [-0.15, -0.1) is 0 Å². The molecule has 0 aliphatic carbocycles. The molecule has 0 spiro atoms. The second-order valence-electron chi connectivity index (χ2n) is 6.08. The number of furan rings is 1. The molecule has 3 rings (SSSR count). The Balaban J connectivity index is 1.74. The van der Waals surface area contributed by atoms with Gasteiger partial charge >= 0.3 is 0 Å². The van der Waals surface area contributed by atoms with Crippen molar-refractivity contribution in [2.75, 3.05) is 18.9 Å². The maximum atomic E-state index is 12.3. The molecule has 2 aromatic heterocycles. The molecular formula is C18H20N4O3. The Morgan fingerprint density at radius 1 is 1.24 bits per heavy atom. The zero-order valence-electron chi connectivity index (χ0n) is 14.4. The van der Waals surface area contributed by atoms with Crippen molar-refractivity contribution in [2.24, 2.45) is 0 Å². The van der Waals surface area contributed by atoms with Crippen LogP contribution in [0, 0.1) is 13.8 Å². The lowest BCUT2D eigenvalue weighted by atomic mass is 10.2. The second kappa shape index (κ2) is 6.90. The van der Waals surface area contributed by atoms with E-state index in [2.05, 4.69) is 15.5 Å². The van der Waals surface area contributed by atoms with E-state index in [0.717, 1.165) is 5.56 Å². The van der Waals surface area contributed by atoms with Gasteiger partial charge in [-0.2, -0.15) is 5.10 Å². The molecule has 0 fully saturated rings. The van der Waals surface area contributed by atoms with E-state index in [4.69, 9.17) is 4.42 Å². The van der Waals surface area contributed by atoms with Gasteiger partial charge in [-0.1, -0.05) is 30.3 Å². The van der Waals surface area contributed by atoms with Crippen molar-refractivity contribution in [3.05, 3.63) is 57.7 Å². The number of carbonyl (C=O) groups is 1. The molecule has 25 heavy (non-hydrogen) atoms. The van der Waals surface area contributed by atoms with Gasteiger partial charge in [-0.3, -0.25) is 19.8 Å². The molecule has 1 aromatic carbocycles. The zero-order chi connectivity index (χ0) is 18.0. The number of aryl methyl sites for hydroxylation is 2. The quantitative estimate of drug-likeness (QED) is 0.743. The number of aromatic amines is 1. The Morgan fingerprint density at radius 3 is 2.68 bits per heavy atom. The van der Waals surface area contributed by atoms with Gasteiger partial charge in [0.25, 0.3) is 5.56 Å². The summed E-state index contributed by atoms with van der Waals surface area (Å²) in [6.07, 6.45) is 0. The maximum Gasteiger partial charge on any atom is 0.277 e. The molecule has 0 aliphatic heterocycles. The number of nitrogens with one attached hydrogen (secondary N) is 2. The average Bonchev–Trinajstić information content (AvgIpc) is 2.89. The first-order chi connectivity index (χ1) is 12.0. The van der Waals surface area contributed by atoms with E-state index in [1.165, 1.54) is 0 Å². The number of hydrogen-bond donors (Lipinski definition) is 2. The largest absolute Gasteiger partial charge is 0.444 e. The molecule has 2 N–H and O–H groups in total. The summed E-state index contributed by atoms with van der Waals surface area (Å²) in [6.45, 7) is 4.35. The number of fused-ring (bicyclic) bond motifs is 1. The van der Waals surface area contributed by atoms with Crippen LogP contribution in [-0.4, -0.2) is 34.6 Å². The van der Waals surface area contributed by atoms with Crippen LogP contribution in [0.5, 0.6) is 0 Å². The molecule has 7 heteroatoms. The van der Waals surface area contributed by atoms with E-state index < -0.39 is 0 Å². The standard InChI is InChI=1S/C18H20N4O3/c1-11-15-12(2)25-18(16(15)17(24)21-20-11)19-14(23)10-22(3)9-13-7-5-4-6-8-13/h4-8H,9-10H2,1-3H3,(H,19,23)(H,21,24). The predicted octanol–water partition coefficient (Wildman–Crippen LogP) is 2.20. The second-order valence-corrected chi connectivity index (χ2v) is 6.08. The third-order valence-corrected chi connectivity index (χ3v) is 3.96. The first-order valence-electron chi connectivity index (χ1n) is 7.96. The van der Waals surface area contributed by atoms with E-state index in [1.807, 2.05) is 42.3 Å². The highest BCUT2D eigenvalue weighted by Crippen LogP contribution is 2.28. The molecule has 0 bridgehead atoms. The third kappa shape index (κ3) is 3.61. The van der Waals surface area contributed by atoms with E-state index in [0.29, 0.717) is 28.8 Å². The highest BCUT2D eigenvalue weighted by atomic mass is 16.4. The molecule has 1 amide bonds. The van der Waals surface area contributed by atoms with E-state index >= 15 is 0 Å². The summed E-state index contributed by atoms with van der Waals surface area (Å²) >= 11 is 0. The molecule has 0 unspecified atom stereocenters. The number of rotatable bonds is 5. The molecule has 0 aliphatic rings. The topological polar surface area (TPSA) is 91.2 Å². The number of benzene rings is 1. The summed E-state index contributed by atoms with van der Waals surface area (Å²) < 4.78 is 5.59. The molecule has 0 radical (unpaired) electrons. The summed E-state index contributed by atoms with van der Waals surface area (Å²) in [7, 11) is 1.86. The number of hydrogen-bond acceptors (Lipinski definition) is 5. The number of aromatic nitrogens is 2. The summed E-state index contributed by atoms with van der Waals surface area (Å²) in [5.74, 6) is 0.472. The predicted molar refractivity (Wildman–Crippen MR) is 95.5 cm³/mol. The zero-order valence-corrected chi connectivity index (χ0v) is 14.4. The highest BCUT2D eigenvalue weighted by Gasteiger charge is 2.19. The van der Waals surface area contributed by atoms with Crippen LogP contribution >= 0.6 is 0 Å². The lowest BCUT2D eigenvalue weighted by molar-refractivity contribution is -0.117. The normalized spacial score (nSPS) is 11.2. The van der Waals surface area contributed by atoms with Crippen LogP contribution in [0.3, 0.4) is 0 Å². The number of nitrogens with zero attached hydrogens (tertiary/aromatic N) is 2. The Labute approximate surface area is 144 Å². The number of H-pyrrole nitrogens is 1. The first kappa shape index (κ1) is 16.9. The Kier molecular flexibility index (Phi) is 4.67. The van der Waals surface area contributed by atoms with Crippen LogP contribution in [0.1, 0.15) is 17.0 Å². The van der Waals surface area contributed by atoms with Crippen LogP contribution in [-0.2, 0) is 11.3 Å². The summed E-state index contributed by atoms with van der Waals surface area (Å²) in [6, 6.07) is 9.89. The minimum absolute atomic E-state index is 0.164. The molecule has 0 atom stereocenters. The Morgan fingerprint density at radius 2 is 1.96 bits per heavy atom. The van der Waals surface area contributed by atoms with Gasteiger partial charge in [0.1, 0.15) is 11.1 Å². The number of amides is 1. The molecule has 2 heterocycles. The van der Waals surface area contributed by atoms with Gasteiger partial charge in [0.05, 0.1) is 17.6 Å². The Hall–Kier alpha value is -2.93. The number of carbonyl (C=O) groups excluding carboxylic acids is 1. The van der Waals surface area contributed by atoms with Crippen LogP contribution in [0.2, 0.25) is 0 Å². The molecular weight excluding hydrogens is 320 g/mol. The fraction of sp³-hybridized carbons (Fsp3) is 0.278. The van der Waals surface area contributed by atoms with Crippen molar-refractivity contribution in [3.63, 3.8) is 0 Å². The molecule has 7 nitrogen and oxygen atoms in total. The van der Waals surface area contributed by atoms with Gasteiger partial charge in [-0.05, 0) is 26.5 Å². The lowest BCUT2D eigenvalue weighted by Gasteiger charge is -2.15. The minimum atomic E-state index is -0.384. The van der Waals surface area contributed by atoms with Crippen molar-refractivity contribution in [1.29, 1.82) is 0 Å². The smallest absolute Gasteiger partial charge is 0.277 e. The van der Waals surface area contributed by atoms with Crippen molar-refractivity contribution in [3.8, 4) is 0 Å². The van der Waals surface area contributed by atoms with Gasteiger partial charge in [0.15, 0.2) is 0 Å². The summed E-state index contributed by atoms with van der Waals surface area (Å²) in [5, 5.41) is 10.0. The molecule has 0 saturated carbocycles. The van der Waals surface area contributed by atoms with Crippen molar-refractivity contribution >= 4 is 22.6 Å². The molecule has 130 valence electrons. The summed E-state index contributed by atoms with van der Waals surface area (Å²) in [4.78, 5) is 26.3. The Bertz CT molecular complexity index is 960. The van der Waals surface area contributed by atoms with Gasteiger partial charge < -0.3 is 4.42 Å². The van der Waals surface area contributed by atoms with Crippen LogP contribution in [0.15, 0.2) is 39.5 Å². The van der Waals surface area contributed by atoms with Gasteiger partial charge in [-0.25, -0.2) is 5.10 Å². The van der Waals surface area contributed by atoms with E-state index in [-0.39, 0.29) is 23.9 Å². The first-order valence-corrected chi connectivity index (χ1v) is 7.96. The van der Waals surface area contributed by atoms with Crippen LogP contribution < -0.4 is 10.9 Å². The average molecular weight is 340 g/mol. The molecule has 0 saturated heterocycles. The minimum Gasteiger partial charge on any atom is -0.444 e. The fourth-order valence-corrected chi connectivity index (χ4v) is 2.89. The third-order valence-electron chi connectivity index (χ3n) is 3.96. The molecule has 3 aromatic rings.